The lowest BCUT2D eigenvalue weighted by molar-refractivity contribution is -0.384. The number of benzene rings is 2. The van der Waals surface area contributed by atoms with Crippen molar-refractivity contribution in [1.29, 1.82) is 0 Å². The number of hydrogen-bond acceptors (Lipinski definition) is 7. The second kappa shape index (κ2) is 9.90. The number of phenolic OH excluding ortho intramolecular Hbond substituents is 1. The van der Waals surface area contributed by atoms with E-state index in [2.05, 4.69) is 37.2 Å². The van der Waals surface area contributed by atoms with E-state index in [4.69, 9.17) is 12.2 Å². The van der Waals surface area contributed by atoms with Gasteiger partial charge in [0.15, 0.2) is 0 Å². The Kier molecular flexibility index (Phi) is 7.46. The minimum Gasteiger partial charge on any atom is -0.506 e. The van der Waals surface area contributed by atoms with Gasteiger partial charge in [0.05, 0.1) is 14.3 Å². The third-order valence-electron chi connectivity index (χ3n) is 4.14. The predicted molar refractivity (Wildman–Crippen MR) is 130 cm³/mol. The van der Waals surface area contributed by atoms with Gasteiger partial charge in [0.25, 0.3) is 11.6 Å². The number of rotatable bonds is 6. The first-order chi connectivity index (χ1) is 14.7. The van der Waals surface area contributed by atoms with Crippen molar-refractivity contribution in [3.63, 3.8) is 0 Å². The van der Waals surface area contributed by atoms with E-state index in [1.807, 2.05) is 0 Å². The molecule has 160 valence electrons. The maximum absolute atomic E-state index is 12.7. The first kappa shape index (κ1) is 23.4. The average molecular weight is 587 g/mol. The van der Waals surface area contributed by atoms with Gasteiger partial charge in [-0.3, -0.25) is 24.6 Å². The fraction of sp³-hybridized carbons (Fsp3) is 0.105. The Bertz CT molecular complexity index is 1120. The van der Waals surface area contributed by atoms with Gasteiger partial charge < -0.3 is 10.4 Å². The minimum absolute atomic E-state index is 0.00376. The van der Waals surface area contributed by atoms with Gasteiger partial charge in [0, 0.05) is 40.8 Å². The number of carbonyl (C=O) groups excluding carboxylic acids is 2. The molecule has 1 fully saturated rings. The molecule has 2 aromatic rings. The zero-order chi connectivity index (χ0) is 22.7. The van der Waals surface area contributed by atoms with Crippen LogP contribution in [0.25, 0.3) is 6.08 Å². The normalized spacial score (nSPS) is 14.9. The summed E-state index contributed by atoms with van der Waals surface area (Å²) in [6, 6.07) is 8.80. The number of halogens is 2. The van der Waals surface area contributed by atoms with Crippen LogP contribution in [0.5, 0.6) is 5.75 Å². The number of nitro benzene ring substituents is 1. The van der Waals surface area contributed by atoms with Crippen LogP contribution >= 0.6 is 55.8 Å². The van der Waals surface area contributed by atoms with Gasteiger partial charge in [0.1, 0.15) is 10.1 Å². The average Bonchev–Trinajstić information content (AvgIpc) is 2.97. The topological polar surface area (TPSA) is 113 Å². The number of aromatic hydroxyl groups is 1. The number of non-ortho nitro benzene ring substituents is 1. The number of anilines is 1. The largest absolute Gasteiger partial charge is 0.506 e. The van der Waals surface area contributed by atoms with Gasteiger partial charge in [0.2, 0.25) is 5.91 Å². The Labute approximate surface area is 203 Å². The molecule has 2 amide bonds. The summed E-state index contributed by atoms with van der Waals surface area (Å²) in [6.45, 7) is 0.0784. The smallest absolute Gasteiger partial charge is 0.269 e. The molecule has 1 saturated heterocycles. The highest BCUT2D eigenvalue weighted by Crippen LogP contribution is 2.37. The Morgan fingerprint density at radius 3 is 2.61 bits per heavy atom. The number of thioether (sulfide) groups is 1. The van der Waals surface area contributed by atoms with Gasteiger partial charge in [-0.2, -0.15) is 0 Å². The van der Waals surface area contributed by atoms with Crippen molar-refractivity contribution in [3.05, 3.63) is 65.9 Å². The van der Waals surface area contributed by atoms with Gasteiger partial charge in [-0.1, -0.05) is 39.9 Å². The molecule has 0 unspecified atom stereocenters. The van der Waals surface area contributed by atoms with Crippen LogP contribution in [0.1, 0.15) is 12.0 Å². The number of thiocarbonyl (C=S) groups is 1. The molecular weight excluding hydrogens is 574 g/mol. The molecule has 0 aliphatic carbocycles. The summed E-state index contributed by atoms with van der Waals surface area (Å²) < 4.78 is 1.52. The van der Waals surface area contributed by atoms with Crippen LogP contribution in [0.3, 0.4) is 0 Å². The summed E-state index contributed by atoms with van der Waals surface area (Å²) in [7, 11) is 0. The molecule has 3 rings (SSSR count). The van der Waals surface area contributed by atoms with Crippen molar-refractivity contribution in [2.75, 3.05) is 11.9 Å². The second-order valence-electron chi connectivity index (χ2n) is 6.26. The van der Waals surface area contributed by atoms with Crippen LogP contribution in [-0.4, -0.2) is 37.6 Å². The van der Waals surface area contributed by atoms with Gasteiger partial charge in [-0.05, 0) is 46.3 Å². The molecule has 1 aliphatic rings. The van der Waals surface area contributed by atoms with Crippen molar-refractivity contribution < 1.29 is 19.6 Å². The van der Waals surface area contributed by atoms with E-state index in [0.717, 1.165) is 16.2 Å². The van der Waals surface area contributed by atoms with E-state index in [-0.39, 0.29) is 36.2 Å². The molecule has 0 atom stereocenters. The highest BCUT2D eigenvalue weighted by Gasteiger charge is 2.32. The van der Waals surface area contributed by atoms with E-state index in [1.54, 1.807) is 18.2 Å². The van der Waals surface area contributed by atoms with Gasteiger partial charge in [-0.15, -0.1) is 0 Å². The summed E-state index contributed by atoms with van der Waals surface area (Å²) in [5, 5.41) is 23.5. The molecule has 2 N–H and O–H groups in total. The first-order valence-corrected chi connectivity index (χ1v) is 11.4. The molecule has 0 bridgehead atoms. The van der Waals surface area contributed by atoms with Crippen molar-refractivity contribution >= 4 is 89.4 Å². The Morgan fingerprint density at radius 2 is 1.97 bits per heavy atom. The molecule has 0 radical (unpaired) electrons. The summed E-state index contributed by atoms with van der Waals surface area (Å²) in [5.41, 5.74) is 0.778. The first-order valence-electron chi connectivity index (χ1n) is 8.63. The molecule has 0 aromatic heterocycles. The molecule has 2 aromatic carbocycles. The van der Waals surface area contributed by atoms with Crippen LogP contribution in [0.4, 0.5) is 11.4 Å². The summed E-state index contributed by atoms with van der Waals surface area (Å²) in [5.74, 6) is -0.718. The molecule has 0 saturated carbocycles. The quantitative estimate of drug-likeness (QED) is 0.211. The van der Waals surface area contributed by atoms with Crippen LogP contribution in [0.15, 0.2) is 50.2 Å². The number of phenols is 1. The van der Waals surface area contributed by atoms with E-state index < -0.39 is 4.92 Å². The fourth-order valence-electron chi connectivity index (χ4n) is 2.63. The third-order valence-corrected chi connectivity index (χ3v) is 6.58. The SMILES string of the molecule is O=C(CCN1C(=O)/C(=C/c2cc(Br)cc(Br)c2O)SC1=S)Nc1ccc([N+](=O)[O-])cc1. The lowest BCUT2D eigenvalue weighted by Crippen LogP contribution is -2.31. The maximum atomic E-state index is 12.7. The summed E-state index contributed by atoms with van der Waals surface area (Å²) in [6.07, 6.45) is 1.53. The summed E-state index contributed by atoms with van der Waals surface area (Å²) >= 11 is 12.9. The minimum atomic E-state index is -0.527. The monoisotopic (exact) mass is 585 g/mol. The van der Waals surface area contributed by atoms with E-state index >= 15 is 0 Å². The van der Waals surface area contributed by atoms with E-state index in [0.29, 0.717) is 24.9 Å². The zero-order valence-electron chi connectivity index (χ0n) is 15.5. The Balaban J connectivity index is 1.64. The number of nitrogens with one attached hydrogen (secondary N) is 1. The molecule has 1 heterocycles. The predicted octanol–water partition coefficient (Wildman–Crippen LogP) is 5.06. The Hall–Kier alpha value is -2.28. The van der Waals surface area contributed by atoms with Crippen molar-refractivity contribution in [3.8, 4) is 5.75 Å². The molecule has 31 heavy (non-hydrogen) atoms. The van der Waals surface area contributed by atoms with Crippen LogP contribution < -0.4 is 5.32 Å². The van der Waals surface area contributed by atoms with Crippen molar-refractivity contribution in [1.82, 2.24) is 4.90 Å². The number of carbonyl (C=O) groups is 2. The van der Waals surface area contributed by atoms with Gasteiger partial charge in [-0.25, -0.2) is 0 Å². The third kappa shape index (κ3) is 5.70. The molecule has 0 spiro atoms. The van der Waals surface area contributed by atoms with Crippen LogP contribution in [0.2, 0.25) is 0 Å². The Morgan fingerprint density at radius 1 is 1.29 bits per heavy atom. The standard InChI is InChI=1S/C19H13Br2N3O5S2/c20-11-7-10(17(26)14(21)9-11)8-15-18(27)23(19(30)31-15)6-5-16(25)22-12-1-3-13(4-2-12)24(28)29/h1-4,7-9,26H,5-6H2,(H,22,25)/b15-8-. The molecule has 1 aliphatic heterocycles. The number of nitro groups is 1. The fourth-order valence-corrected chi connectivity index (χ4v) is 5.19. The van der Waals surface area contributed by atoms with Gasteiger partial charge >= 0.3 is 0 Å². The number of amides is 2. The highest BCUT2D eigenvalue weighted by atomic mass is 79.9. The van der Waals surface area contributed by atoms with E-state index in [1.165, 1.54) is 29.2 Å². The van der Waals surface area contributed by atoms with Crippen molar-refractivity contribution in [2.45, 2.75) is 6.42 Å². The van der Waals surface area contributed by atoms with Crippen LogP contribution in [-0.2, 0) is 9.59 Å². The second-order valence-corrected chi connectivity index (χ2v) is 9.71. The zero-order valence-corrected chi connectivity index (χ0v) is 20.3. The van der Waals surface area contributed by atoms with Crippen LogP contribution in [0, 0.1) is 10.1 Å². The van der Waals surface area contributed by atoms with Crippen molar-refractivity contribution in [2.24, 2.45) is 0 Å². The summed E-state index contributed by atoms with van der Waals surface area (Å²) in [4.78, 5) is 36.7. The lowest BCUT2D eigenvalue weighted by atomic mass is 10.2. The molecule has 8 nitrogen and oxygen atoms in total. The number of hydrogen-bond donors (Lipinski definition) is 2. The molecular formula is C19H13Br2N3O5S2. The van der Waals surface area contributed by atoms with E-state index in [9.17, 15) is 24.8 Å². The molecule has 12 heteroatoms. The highest BCUT2D eigenvalue weighted by molar-refractivity contribution is 9.11. The lowest BCUT2D eigenvalue weighted by Gasteiger charge is -2.14. The maximum Gasteiger partial charge on any atom is 0.269 e. The number of nitrogens with zero attached hydrogens (tertiary/aromatic N) is 2.